The zero-order valence-electron chi connectivity index (χ0n) is 25.7. The lowest BCUT2D eigenvalue weighted by Gasteiger charge is -2.26. The largest absolute Gasteiger partial charge is 0.463 e. The van der Waals surface area contributed by atoms with Crippen molar-refractivity contribution >= 4 is 33.9 Å². The Hall–Kier alpha value is -6.35. The van der Waals surface area contributed by atoms with Crippen LogP contribution in [0.4, 0.5) is 0 Å². The van der Waals surface area contributed by atoms with Crippen LogP contribution in [0.5, 0.6) is 0 Å². The molecule has 6 aromatic carbocycles. The van der Waals surface area contributed by atoms with Gasteiger partial charge in [0.25, 0.3) is 0 Å². The van der Waals surface area contributed by atoms with E-state index >= 15 is 0 Å². The van der Waals surface area contributed by atoms with E-state index in [2.05, 4.69) is 72.2 Å². The van der Waals surface area contributed by atoms with Gasteiger partial charge in [-0.25, -0.2) is 0 Å². The molecule has 0 saturated carbocycles. The number of rotatable bonds is 5. The summed E-state index contributed by atoms with van der Waals surface area (Å²) >= 11 is 0. The van der Waals surface area contributed by atoms with Crippen molar-refractivity contribution < 1.29 is 9.53 Å². The Labute approximate surface area is 275 Å². The molecule has 1 aliphatic rings. The van der Waals surface area contributed by atoms with E-state index in [4.69, 9.17) is 4.74 Å². The average molecular weight is 603 g/mol. The summed E-state index contributed by atoms with van der Waals surface area (Å²) in [6.07, 6.45) is 4.83. The van der Waals surface area contributed by atoms with E-state index in [-0.39, 0.29) is 12.3 Å². The number of ether oxygens (including phenoxy) is 1. The second-order valence-corrected chi connectivity index (χ2v) is 11.3. The van der Waals surface area contributed by atoms with Crippen molar-refractivity contribution in [1.29, 1.82) is 0 Å². The Bertz CT molecular complexity index is 2310. The van der Waals surface area contributed by atoms with E-state index in [1.54, 1.807) is 6.26 Å². The third-order valence-corrected chi connectivity index (χ3v) is 8.27. The third-order valence-electron chi connectivity index (χ3n) is 8.27. The SMILES string of the molecule is O=CC/C(=C\c1ccccc1)C1=C(C#Cc2cccc3ccccc23)C(c2ccccc2)C(C#Cc2cccc3ccccc23)=CO1. The molecule has 0 amide bonds. The number of carbonyl (C=O) groups excluding carboxylic acids is 1. The van der Waals surface area contributed by atoms with Gasteiger partial charge in [0.1, 0.15) is 18.3 Å². The van der Waals surface area contributed by atoms with Gasteiger partial charge in [-0.3, -0.25) is 0 Å². The molecule has 0 aromatic heterocycles. The van der Waals surface area contributed by atoms with Crippen molar-refractivity contribution in [3.63, 3.8) is 0 Å². The molecule has 0 fully saturated rings. The Balaban J connectivity index is 1.44. The summed E-state index contributed by atoms with van der Waals surface area (Å²) in [5, 5.41) is 4.45. The third kappa shape index (κ3) is 6.41. The second-order valence-electron chi connectivity index (χ2n) is 11.3. The van der Waals surface area contributed by atoms with Crippen molar-refractivity contribution in [2.75, 3.05) is 0 Å². The van der Waals surface area contributed by atoms with Crippen molar-refractivity contribution in [2.45, 2.75) is 12.3 Å². The topological polar surface area (TPSA) is 26.3 Å². The summed E-state index contributed by atoms with van der Waals surface area (Å²) < 4.78 is 6.48. The first-order valence-electron chi connectivity index (χ1n) is 15.6. The fourth-order valence-electron chi connectivity index (χ4n) is 6.01. The minimum absolute atomic E-state index is 0.177. The van der Waals surface area contributed by atoms with Crippen molar-refractivity contribution in [1.82, 2.24) is 0 Å². The molecule has 0 radical (unpaired) electrons. The maximum Gasteiger partial charge on any atom is 0.142 e. The van der Waals surface area contributed by atoms with Gasteiger partial charge in [-0.2, -0.15) is 0 Å². The molecular weight excluding hydrogens is 572 g/mol. The predicted octanol–water partition coefficient (Wildman–Crippen LogP) is 10.0. The summed E-state index contributed by atoms with van der Waals surface area (Å²) in [7, 11) is 0. The zero-order chi connectivity index (χ0) is 31.8. The molecule has 0 N–H and O–H groups in total. The average Bonchev–Trinajstić information content (AvgIpc) is 3.13. The standard InChI is InChI=1S/C45H30O2/c46-30-29-39(31-33-13-3-1-4-14-33)45-43(28-27-37-22-12-20-35-16-8-10-24-42(35)37)44(38-17-5-2-6-18-38)40(32-47-45)26-25-36-21-11-19-34-15-7-9-23-41(34)36/h1-24,30-32,44H,29H2/b39-31+. The molecule has 1 heterocycles. The summed E-state index contributed by atoms with van der Waals surface area (Å²) in [4.78, 5) is 12.1. The lowest BCUT2D eigenvalue weighted by molar-refractivity contribution is -0.107. The van der Waals surface area contributed by atoms with Crippen molar-refractivity contribution in [2.24, 2.45) is 0 Å². The lowest BCUT2D eigenvalue weighted by Crippen LogP contribution is -2.14. The Morgan fingerprint density at radius 3 is 1.79 bits per heavy atom. The van der Waals surface area contributed by atoms with E-state index in [0.29, 0.717) is 5.76 Å². The maximum atomic E-state index is 12.1. The van der Waals surface area contributed by atoms with Crippen LogP contribution in [0.25, 0.3) is 27.6 Å². The molecular formula is C45H30O2. The fourth-order valence-corrected chi connectivity index (χ4v) is 6.01. The Morgan fingerprint density at radius 2 is 1.15 bits per heavy atom. The molecule has 1 atom stereocenters. The van der Waals surface area contributed by atoms with Gasteiger partial charge in [-0.05, 0) is 50.9 Å². The summed E-state index contributed by atoms with van der Waals surface area (Å²) in [5.74, 6) is 14.2. The highest BCUT2D eigenvalue weighted by Gasteiger charge is 2.29. The highest BCUT2D eigenvalue weighted by atomic mass is 16.5. The minimum atomic E-state index is -0.310. The van der Waals surface area contributed by atoms with Gasteiger partial charge in [-0.15, -0.1) is 0 Å². The minimum Gasteiger partial charge on any atom is -0.463 e. The van der Waals surface area contributed by atoms with E-state index in [0.717, 1.165) is 66.8 Å². The number of hydrogen-bond acceptors (Lipinski definition) is 2. The van der Waals surface area contributed by atoms with Crippen LogP contribution in [0.3, 0.4) is 0 Å². The molecule has 2 nitrogen and oxygen atoms in total. The van der Waals surface area contributed by atoms with Crippen LogP contribution in [0, 0.1) is 23.7 Å². The van der Waals surface area contributed by atoms with E-state index in [1.165, 1.54) is 0 Å². The van der Waals surface area contributed by atoms with Gasteiger partial charge in [0, 0.05) is 23.1 Å². The van der Waals surface area contributed by atoms with E-state index < -0.39 is 0 Å². The predicted molar refractivity (Wildman–Crippen MR) is 192 cm³/mol. The molecule has 7 rings (SSSR count). The Kier molecular flexibility index (Phi) is 8.59. The van der Waals surface area contributed by atoms with Crippen molar-refractivity contribution in [3.05, 3.63) is 197 Å². The van der Waals surface area contributed by atoms with Crippen LogP contribution in [0.1, 0.15) is 34.6 Å². The quantitative estimate of drug-likeness (QED) is 0.145. The van der Waals surface area contributed by atoms with Gasteiger partial charge in [-0.1, -0.05) is 157 Å². The van der Waals surface area contributed by atoms with E-state index in [9.17, 15) is 4.79 Å². The first-order chi connectivity index (χ1) is 23.3. The monoisotopic (exact) mass is 602 g/mol. The molecule has 6 aromatic rings. The van der Waals surface area contributed by atoms with Crippen LogP contribution in [0.15, 0.2) is 174 Å². The number of allylic oxidation sites excluding steroid dienone is 3. The van der Waals surface area contributed by atoms with Crippen LogP contribution in [0.2, 0.25) is 0 Å². The number of carbonyl (C=O) groups is 1. The van der Waals surface area contributed by atoms with Gasteiger partial charge < -0.3 is 9.53 Å². The normalized spacial score (nSPS) is 14.3. The van der Waals surface area contributed by atoms with Crippen LogP contribution >= 0.6 is 0 Å². The van der Waals surface area contributed by atoms with Crippen LogP contribution < -0.4 is 0 Å². The van der Waals surface area contributed by atoms with Gasteiger partial charge in [0.05, 0.1) is 17.1 Å². The van der Waals surface area contributed by atoms with Crippen LogP contribution in [-0.2, 0) is 9.53 Å². The fraction of sp³-hybridized carbons (Fsp3) is 0.0444. The van der Waals surface area contributed by atoms with Gasteiger partial charge >= 0.3 is 0 Å². The Morgan fingerprint density at radius 1 is 0.596 bits per heavy atom. The van der Waals surface area contributed by atoms with Gasteiger partial charge in [0.15, 0.2) is 0 Å². The molecule has 1 aliphatic heterocycles. The molecule has 0 spiro atoms. The molecule has 47 heavy (non-hydrogen) atoms. The second kappa shape index (κ2) is 13.7. The number of fused-ring (bicyclic) bond motifs is 2. The first-order valence-corrected chi connectivity index (χ1v) is 15.6. The molecule has 1 unspecified atom stereocenters. The number of aldehydes is 1. The van der Waals surface area contributed by atoms with E-state index in [1.807, 2.05) is 103 Å². The summed E-state index contributed by atoms with van der Waals surface area (Å²) in [6.45, 7) is 0. The summed E-state index contributed by atoms with van der Waals surface area (Å²) in [6, 6.07) is 49.1. The van der Waals surface area contributed by atoms with Gasteiger partial charge in [0.2, 0.25) is 0 Å². The smallest absolute Gasteiger partial charge is 0.142 e. The highest BCUT2D eigenvalue weighted by Crippen LogP contribution is 2.40. The summed E-state index contributed by atoms with van der Waals surface area (Å²) in [5.41, 5.74) is 6.19. The first kappa shape index (κ1) is 29.4. The maximum absolute atomic E-state index is 12.1. The molecule has 0 aliphatic carbocycles. The van der Waals surface area contributed by atoms with Crippen molar-refractivity contribution in [3.8, 4) is 23.7 Å². The lowest BCUT2D eigenvalue weighted by atomic mass is 9.81. The highest BCUT2D eigenvalue weighted by molar-refractivity contribution is 5.89. The number of benzene rings is 6. The molecule has 2 heteroatoms. The zero-order valence-corrected chi connectivity index (χ0v) is 25.7. The molecule has 0 saturated heterocycles. The molecule has 0 bridgehead atoms. The molecule has 222 valence electrons. The number of hydrogen-bond donors (Lipinski definition) is 0. The van der Waals surface area contributed by atoms with Crippen LogP contribution in [-0.4, -0.2) is 6.29 Å².